The lowest BCUT2D eigenvalue weighted by Gasteiger charge is -2.32. The molecule has 0 aliphatic carbocycles. The highest BCUT2D eigenvalue weighted by Gasteiger charge is 2.60. The van der Waals surface area contributed by atoms with Crippen LogP contribution in [-0.2, 0) is 33.2 Å². The lowest BCUT2D eigenvalue weighted by Crippen LogP contribution is -2.47. The van der Waals surface area contributed by atoms with Gasteiger partial charge in [0.1, 0.15) is 24.4 Å². The average Bonchev–Trinajstić information content (AvgIpc) is 3.33. The monoisotopic (exact) mass is 471 g/mol. The Balaban J connectivity index is 1.82. The number of hydrogen-bond donors (Lipinski definition) is 1. The fourth-order valence-corrected chi connectivity index (χ4v) is 4.45. The van der Waals surface area contributed by atoms with Crippen LogP contribution < -0.4 is 0 Å². The Hall–Kier alpha value is -0.800. The summed E-state index contributed by atoms with van der Waals surface area (Å²) in [7, 11) is 0. The van der Waals surface area contributed by atoms with Crippen molar-refractivity contribution in [3.8, 4) is 11.8 Å². The second-order valence-corrected chi connectivity index (χ2v) is 9.98. The van der Waals surface area contributed by atoms with Crippen molar-refractivity contribution in [3.63, 3.8) is 0 Å². The Bertz CT molecular complexity index is 696. The minimum absolute atomic E-state index is 0.286. The van der Waals surface area contributed by atoms with Crippen molar-refractivity contribution in [1.29, 1.82) is 0 Å². The smallest absolute Gasteiger partial charge is 0.222 e. The first-order valence-electron chi connectivity index (χ1n) is 12.0. The van der Waals surface area contributed by atoms with E-state index < -0.39 is 48.4 Å². The molecule has 9 nitrogen and oxygen atoms in total. The van der Waals surface area contributed by atoms with Crippen LogP contribution in [0.1, 0.15) is 61.8 Å². The van der Waals surface area contributed by atoms with Gasteiger partial charge in [0.05, 0.1) is 12.6 Å². The lowest BCUT2D eigenvalue weighted by atomic mass is 10.0. The van der Waals surface area contributed by atoms with Gasteiger partial charge in [-0.1, -0.05) is 19.8 Å². The Labute approximate surface area is 197 Å². The molecule has 0 saturated carbocycles. The fraction of sp³-hybridized carbons (Fsp3) is 0.917. The third-order valence-corrected chi connectivity index (χ3v) is 5.74. The van der Waals surface area contributed by atoms with Gasteiger partial charge in [-0.15, -0.1) is 5.06 Å². The highest BCUT2D eigenvalue weighted by Crippen LogP contribution is 2.43. The molecular weight excluding hydrogens is 430 g/mol. The maximum Gasteiger partial charge on any atom is 0.222 e. The SMILES string of the molecule is CCOC(C#C[C@H](CC(C)C)N(O)[C@@H]1O[C@H]([C@H]2COC(C)(C)O2)[C@@H]2OC(C)(C)O[C@@H]21)OCC. The molecule has 1 N–H and O–H groups in total. The van der Waals surface area contributed by atoms with E-state index >= 15 is 0 Å². The van der Waals surface area contributed by atoms with Crippen molar-refractivity contribution in [2.75, 3.05) is 19.8 Å². The maximum absolute atomic E-state index is 11.3. The van der Waals surface area contributed by atoms with E-state index in [2.05, 4.69) is 25.7 Å². The molecule has 0 radical (unpaired) electrons. The number of nitrogens with zero attached hydrogens (tertiary/aromatic N) is 1. The first-order chi connectivity index (χ1) is 15.5. The molecule has 9 heteroatoms. The van der Waals surface area contributed by atoms with E-state index in [-0.39, 0.29) is 12.0 Å². The molecule has 0 aromatic heterocycles. The molecule has 0 amide bonds. The van der Waals surface area contributed by atoms with E-state index in [9.17, 15) is 5.21 Å². The third-order valence-electron chi connectivity index (χ3n) is 5.74. The van der Waals surface area contributed by atoms with Gasteiger partial charge in [0, 0.05) is 13.2 Å². The summed E-state index contributed by atoms with van der Waals surface area (Å²) >= 11 is 0. The van der Waals surface area contributed by atoms with E-state index in [1.807, 2.05) is 41.5 Å². The van der Waals surface area contributed by atoms with E-state index in [1.54, 1.807) is 0 Å². The molecule has 0 aromatic carbocycles. The maximum atomic E-state index is 11.3. The van der Waals surface area contributed by atoms with Crippen LogP contribution in [0.4, 0.5) is 0 Å². The van der Waals surface area contributed by atoms with Gasteiger partial charge >= 0.3 is 0 Å². The van der Waals surface area contributed by atoms with E-state index in [0.29, 0.717) is 26.2 Å². The molecule has 3 saturated heterocycles. The van der Waals surface area contributed by atoms with E-state index in [1.165, 1.54) is 0 Å². The molecule has 0 spiro atoms. The van der Waals surface area contributed by atoms with Gasteiger partial charge in [-0.25, -0.2) is 0 Å². The van der Waals surface area contributed by atoms with Crippen molar-refractivity contribution in [2.45, 2.75) is 116 Å². The summed E-state index contributed by atoms with van der Waals surface area (Å²) in [6, 6.07) is -0.512. The minimum Gasteiger partial charge on any atom is -0.349 e. The van der Waals surface area contributed by atoms with Gasteiger partial charge in [-0.05, 0) is 59.8 Å². The van der Waals surface area contributed by atoms with Crippen molar-refractivity contribution in [3.05, 3.63) is 0 Å². The summed E-state index contributed by atoms with van der Waals surface area (Å²) in [6.45, 7) is 16.7. The normalized spacial score (nSPS) is 33.5. The predicted molar refractivity (Wildman–Crippen MR) is 119 cm³/mol. The second kappa shape index (κ2) is 10.9. The third kappa shape index (κ3) is 6.66. The summed E-state index contributed by atoms with van der Waals surface area (Å²) in [5, 5.41) is 12.5. The second-order valence-electron chi connectivity index (χ2n) is 9.98. The first-order valence-corrected chi connectivity index (χ1v) is 12.0. The van der Waals surface area contributed by atoms with E-state index in [4.69, 9.17) is 33.2 Å². The number of hydrogen-bond acceptors (Lipinski definition) is 9. The zero-order valence-electron chi connectivity index (χ0n) is 21.2. The average molecular weight is 472 g/mol. The molecule has 190 valence electrons. The first kappa shape index (κ1) is 26.8. The summed E-state index contributed by atoms with van der Waals surface area (Å²) in [5.74, 6) is 4.94. The van der Waals surface area contributed by atoms with Gasteiger partial charge in [0.25, 0.3) is 0 Å². The van der Waals surface area contributed by atoms with Crippen LogP contribution in [0, 0.1) is 17.8 Å². The van der Waals surface area contributed by atoms with Gasteiger partial charge in [0.2, 0.25) is 6.29 Å². The molecule has 0 aromatic rings. The van der Waals surface area contributed by atoms with Gasteiger partial charge in [-0.3, -0.25) is 0 Å². The molecule has 0 bridgehead atoms. The summed E-state index contributed by atoms with van der Waals surface area (Å²) < 4.78 is 41.5. The Kier molecular flexibility index (Phi) is 8.82. The summed E-state index contributed by atoms with van der Waals surface area (Å²) in [5.41, 5.74) is 0. The van der Waals surface area contributed by atoms with Gasteiger partial charge in [-0.2, -0.15) is 0 Å². The van der Waals surface area contributed by atoms with Crippen molar-refractivity contribution in [1.82, 2.24) is 5.06 Å². The highest BCUT2D eigenvalue weighted by molar-refractivity contribution is 5.11. The summed E-state index contributed by atoms with van der Waals surface area (Å²) in [4.78, 5) is 0. The Morgan fingerprint density at radius 1 is 0.939 bits per heavy atom. The van der Waals surface area contributed by atoms with Crippen LogP contribution in [0.5, 0.6) is 0 Å². The van der Waals surface area contributed by atoms with Crippen molar-refractivity contribution in [2.24, 2.45) is 5.92 Å². The molecule has 3 rings (SSSR count). The van der Waals surface area contributed by atoms with E-state index in [0.717, 1.165) is 5.06 Å². The molecule has 3 heterocycles. The van der Waals surface area contributed by atoms with Gasteiger partial charge < -0.3 is 38.4 Å². The predicted octanol–water partition coefficient (Wildman–Crippen LogP) is 2.89. The molecule has 3 aliphatic heterocycles. The Morgan fingerprint density at radius 2 is 1.58 bits per heavy atom. The highest BCUT2D eigenvalue weighted by atomic mass is 16.8. The topological polar surface area (TPSA) is 88.1 Å². The molecule has 3 aliphatic rings. The Morgan fingerprint density at radius 3 is 2.12 bits per heavy atom. The fourth-order valence-electron chi connectivity index (χ4n) is 4.45. The van der Waals surface area contributed by atoms with Crippen LogP contribution in [-0.4, -0.2) is 84.6 Å². The van der Waals surface area contributed by atoms with Gasteiger partial charge in [0.15, 0.2) is 17.8 Å². The molecule has 0 unspecified atom stereocenters. The van der Waals surface area contributed by atoms with Crippen LogP contribution in [0.25, 0.3) is 0 Å². The minimum atomic E-state index is -0.806. The van der Waals surface area contributed by atoms with Crippen molar-refractivity contribution < 1.29 is 38.4 Å². The van der Waals surface area contributed by atoms with Crippen LogP contribution in [0.2, 0.25) is 0 Å². The number of fused-ring (bicyclic) bond motifs is 1. The van der Waals surface area contributed by atoms with Crippen LogP contribution in [0.15, 0.2) is 0 Å². The molecule has 6 atom stereocenters. The molecule has 3 fully saturated rings. The van der Waals surface area contributed by atoms with Crippen LogP contribution >= 0.6 is 0 Å². The quantitative estimate of drug-likeness (QED) is 0.310. The molecular formula is C24H41NO8. The summed E-state index contributed by atoms with van der Waals surface area (Å²) in [6.07, 6.45) is -2.50. The number of ether oxygens (including phenoxy) is 7. The number of rotatable bonds is 9. The van der Waals surface area contributed by atoms with Crippen molar-refractivity contribution >= 4 is 0 Å². The molecule has 33 heavy (non-hydrogen) atoms. The standard InChI is InChI=1S/C24H41NO8/c1-9-27-18(28-10-2)12-11-16(13-15(3)4)25(26)22-21-20(32-24(7,8)33-21)19(30-22)17-14-29-23(5,6)31-17/h15-22,26H,9-10,13-14H2,1-8H3/t16-,17-,19-,20+,21+,22-/m1/s1. The number of hydroxylamine groups is 2. The van der Waals surface area contributed by atoms with Crippen LogP contribution in [0.3, 0.4) is 0 Å². The zero-order chi connectivity index (χ0) is 24.4. The largest absolute Gasteiger partial charge is 0.349 e. The zero-order valence-corrected chi connectivity index (χ0v) is 21.2. The lowest BCUT2D eigenvalue weighted by molar-refractivity contribution is -0.279.